The van der Waals surface area contributed by atoms with Crippen molar-refractivity contribution in [1.29, 1.82) is 0 Å². The van der Waals surface area contributed by atoms with Crippen LogP contribution in [-0.4, -0.2) is 20.1 Å². The second kappa shape index (κ2) is 4.31. The first-order valence-electron chi connectivity index (χ1n) is 5.75. The van der Waals surface area contributed by atoms with Crippen molar-refractivity contribution in [1.82, 2.24) is 15.0 Å². The van der Waals surface area contributed by atoms with Crippen LogP contribution in [0.3, 0.4) is 0 Å². The van der Waals surface area contributed by atoms with Gasteiger partial charge in [0, 0.05) is 12.5 Å². The van der Waals surface area contributed by atoms with Crippen molar-refractivity contribution in [2.75, 3.05) is 0 Å². The molecule has 1 fully saturated rings. The van der Waals surface area contributed by atoms with Gasteiger partial charge in [0.2, 0.25) is 0 Å². The van der Waals surface area contributed by atoms with E-state index in [1.54, 1.807) is 0 Å². The van der Waals surface area contributed by atoms with Crippen LogP contribution in [-0.2, 0) is 13.2 Å². The average Bonchev–Trinajstić information content (AvgIpc) is 2.96. The number of nitrogens with zero attached hydrogens (tertiary/aromatic N) is 3. The summed E-state index contributed by atoms with van der Waals surface area (Å²) in [5, 5.41) is 17.3. The number of hydrogen-bond donors (Lipinski definition) is 1. The Balaban J connectivity index is 2.11. The molecular weight excluding hydrogens is 190 g/mol. The lowest BCUT2D eigenvalue weighted by Crippen LogP contribution is -2.07. The van der Waals surface area contributed by atoms with Crippen LogP contribution < -0.4 is 0 Å². The third kappa shape index (κ3) is 2.37. The van der Waals surface area contributed by atoms with Crippen LogP contribution in [0.25, 0.3) is 0 Å². The number of aromatic nitrogens is 3. The highest BCUT2D eigenvalue weighted by Gasteiger charge is 2.30. The van der Waals surface area contributed by atoms with Crippen LogP contribution in [0.4, 0.5) is 0 Å². The molecule has 0 saturated heterocycles. The number of aliphatic hydroxyl groups excluding tert-OH is 1. The van der Waals surface area contributed by atoms with Crippen molar-refractivity contribution >= 4 is 0 Å². The second-order valence-electron chi connectivity index (χ2n) is 4.76. The van der Waals surface area contributed by atoms with Gasteiger partial charge in [0.15, 0.2) is 0 Å². The van der Waals surface area contributed by atoms with Crippen molar-refractivity contribution in [3.63, 3.8) is 0 Å². The molecule has 2 rings (SSSR count). The quantitative estimate of drug-likeness (QED) is 0.803. The molecule has 4 heteroatoms. The van der Waals surface area contributed by atoms with Gasteiger partial charge in [-0.2, -0.15) is 0 Å². The molecule has 0 bridgehead atoms. The molecule has 0 radical (unpaired) electrons. The molecule has 0 unspecified atom stereocenters. The van der Waals surface area contributed by atoms with Crippen LogP contribution in [0.2, 0.25) is 0 Å². The molecule has 1 aliphatic rings. The van der Waals surface area contributed by atoms with E-state index in [0.717, 1.165) is 18.7 Å². The smallest absolute Gasteiger partial charge is 0.112 e. The zero-order chi connectivity index (χ0) is 10.8. The van der Waals surface area contributed by atoms with Gasteiger partial charge in [-0.15, -0.1) is 5.10 Å². The minimum absolute atomic E-state index is 0.0213. The third-order valence-corrected chi connectivity index (χ3v) is 2.88. The molecule has 0 aromatic carbocycles. The molecule has 84 valence electrons. The molecule has 0 spiro atoms. The maximum absolute atomic E-state index is 9.17. The number of hydrogen-bond acceptors (Lipinski definition) is 3. The van der Waals surface area contributed by atoms with Crippen LogP contribution in [0, 0.1) is 5.92 Å². The number of aryl methyl sites for hydroxylation is 1. The Morgan fingerprint density at radius 2 is 2.20 bits per heavy atom. The van der Waals surface area contributed by atoms with E-state index in [2.05, 4.69) is 24.2 Å². The molecule has 1 aromatic rings. The van der Waals surface area contributed by atoms with E-state index in [1.807, 2.05) is 4.68 Å². The summed E-state index contributed by atoms with van der Waals surface area (Å²) in [6.07, 6.45) is 3.57. The Hall–Kier alpha value is -0.900. The highest BCUT2D eigenvalue weighted by molar-refractivity contribution is 5.19. The maximum atomic E-state index is 9.17. The predicted molar refractivity (Wildman–Crippen MR) is 57.4 cm³/mol. The molecule has 1 aromatic heterocycles. The van der Waals surface area contributed by atoms with Gasteiger partial charge >= 0.3 is 0 Å². The minimum atomic E-state index is 0.0213. The summed E-state index contributed by atoms with van der Waals surface area (Å²) in [7, 11) is 0. The van der Waals surface area contributed by atoms with E-state index in [0.29, 0.717) is 11.8 Å². The van der Waals surface area contributed by atoms with Gasteiger partial charge in [-0.05, 0) is 25.2 Å². The molecule has 0 aliphatic heterocycles. The molecule has 1 aliphatic carbocycles. The Morgan fingerprint density at radius 3 is 2.73 bits per heavy atom. The van der Waals surface area contributed by atoms with Crippen molar-refractivity contribution in [3.8, 4) is 0 Å². The highest BCUT2D eigenvalue weighted by Crippen LogP contribution is 2.41. The lowest BCUT2D eigenvalue weighted by molar-refractivity contribution is 0.275. The van der Waals surface area contributed by atoms with Crippen LogP contribution in [0.1, 0.15) is 50.4 Å². The zero-order valence-electron chi connectivity index (χ0n) is 9.48. The summed E-state index contributed by atoms with van der Waals surface area (Å²) in [5.41, 5.74) is 1.96. The Morgan fingerprint density at radius 1 is 1.47 bits per heavy atom. The monoisotopic (exact) mass is 209 g/mol. The summed E-state index contributed by atoms with van der Waals surface area (Å²) in [6, 6.07) is 0. The van der Waals surface area contributed by atoms with Gasteiger partial charge in [0.25, 0.3) is 0 Å². The van der Waals surface area contributed by atoms with Crippen molar-refractivity contribution in [2.24, 2.45) is 5.92 Å². The molecule has 0 amide bonds. The lowest BCUT2D eigenvalue weighted by Gasteiger charge is -2.08. The first-order chi connectivity index (χ1) is 7.22. The van der Waals surface area contributed by atoms with Gasteiger partial charge in [0.1, 0.15) is 5.69 Å². The minimum Gasteiger partial charge on any atom is -0.390 e. The summed E-state index contributed by atoms with van der Waals surface area (Å²) in [4.78, 5) is 0. The zero-order valence-corrected chi connectivity index (χ0v) is 9.48. The summed E-state index contributed by atoms with van der Waals surface area (Å²) < 4.78 is 1.99. The second-order valence-corrected chi connectivity index (χ2v) is 4.76. The van der Waals surface area contributed by atoms with Crippen molar-refractivity contribution < 1.29 is 5.11 Å². The number of aliphatic hydroxyl groups is 1. The molecule has 1 N–H and O–H groups in total. The van der Waals surface area contributed by atoms with Gasteiger partial charge in [-0.1, -0.05) is 19.1 Å². The normalized spacial score (nSPS) is 16.3. The van der Waals surface area contributed by atoms with E-state index in [-0.39, 0.29) is 6.61 Å². The highest BCUT2D eigenvalue weighted by atomic mass is 16.3. The average molecular weight is 209 g/mol. The van der Waals surface area contributed by atoms with E-state index in [9.17, 15) is 5.11 Å². The first-order valence-corrected chi connectivity index (χ1v) is 5.75. The Bertz CT molecular complexity index is 329. The van der Waals surface area contributed by atoms with E-state index in [4.69, 9.17) is 0 Å². The molecule has 1 heterocycles. The fourth-order valence-corrected chi connectivity index (χ4v) is 1.82. The maximum Gasteiger partial charge on any atom is 0.112 e. The van der Waals surface area contributed by atoms with Crippen molar-refractivity contribution in [2.45, 2.75) is 52.2 Å². The van der Waals surface area contributed by atoms with Gasteiger partial charge in [-0.25, -0.2) is 4.68 Å². The summed E-state index contributed by atoms with van der Waals surface area (Å²) in [6.45, 7) is 5.37. The molecular formula is C11H19N3O. The third-order valence-electron chi connectivity index (χ3n) is 2.88. The largest absolute Gasteiger partial charge is 0.390 e. The Kier molecular flexibility index (Phi) is 3.05. The fraction of sp³-hybridized carbons (Fsp3) is 0.818. The number of rotatable bonds is 5. The Labute approximate surface area is 90.3 Å². The topological polar surface area (TPSA) is 50.9 Å². The van der Waals surface area contributed by atoms with E-state index in [1.165, 1.54) is 18.5 Å². The fourth-order valence-electron chi connectivity index (χ4n) is 1.82. The van der Waals surface area contributed by atoms with Gasteiger partial charge in [-0.3, -0.25) is 0 Å². The first kappa shape index (κ1) is 10.6. The van der Waals surface area contributed by atoms with Crippen LogP contribution >= 0.6 is 0 Å². The predicted octanol–water partition coefficient (Wildman–Crippen LogP) is 1.69. The molecule has 4 nitrogen and oxygen atoms in total. The summed E-state index contributed by atoms with van der Waals surface area (Å²) in [5.74, 6) is 1.29. The standard InChI is InChI=1S/C11H19N3O/c1-8(2)5-6-14-11(9-3-4-9)10(7-15)12-13-14/h8-9,15H,3-7H2,1-2H3. The van der Waals surface area contributed by atoms with Gasteiger partial charge < -0.3 is 5.11 Å². The van der Waals surface area contributed by atoms with Crippen LogP contribution in [0.15, 0.2) is 0 Å². The lowest BCUT2D eigenvalue weighted by atomic mass is 10.1. The SMILES string of the molecule is CC(C)CCn1nnc(CO)c1C1CC1. The van der Waals surface area contributed by atoms with E-state index >= 15 is 0 Å². The van der Waals surface area contributed by atoms with E-state index < -0.39 is 0 Å². The molecule has 1 saturated carbocycles. The van der Waals surface area contributed by atoms with Crippen LogP contribution in [0.5, 0.6) is 0 Å². The molecule has 15 heavy (non-hydrogen) atoms. The van der Waals surface area contributed by atoms with Crippen molar-refractivity contribution in [3.05, 3.63) is 11.4 Å². The summed E-state index contributed by atoms with van der Waals surface area (Å²) >= 11 is 0. The molecule has 0 atom stereocenters. The van der Waals surface area contributed by atoms with Gasteiger partial charge in [0.05, 0.1) is 12.3 Å².